The summed E-state index contributed by atoms with van der Waals surface area (Å²) in [5.41, 5.74) is -0.531. The summed E-state index contributed by atoms with van der Waals surface area (Å²) in [5, 5.41) is 1.87. The Morgan fingerprint density at radius 2 is 1.66 bits per heavy atom. The summed E-state index contributed by atoms with van der Waals surface area (Å²) in [6.45, 7) is -0.578. The van der Waals surface area contributed by atoms with Crippen molar-refractivity contribution in [3.8, 4) is 0 Å². The van der Waals surface area contributed by atoms with Crippen molar-refractivity contribution < 1.29 is 31.9 Å². The smallest absolute Gasteiger partial charge is 0.325 e. The summed E-state index contributed by atoms with van der Waals surface area (Å²) in [5.74, 6) is -4.46. The van der Waals surface area contributed by atoms with Gasteiger partial charge in [0.25, 0.3) is 0 Å². The Morgan fingerprint density at radius 3 is 2.36 bits per heavy atom. The van der Waals surface area contributed by atoms with Crippen LogP contribution < -0.4 is 15.1 Å². The van der Waals surface area contributed by atoms with E-state index in [1.54, 1.807) is 18.2 Å². The Kier molecular flexibility index (Phi) is 7.85. The molecule has 0 saturated carbocycles. The van der Waals surface area contributed by atoms with Crippen molar-refractivity contribution in [1.29, 1.82) is 0 Å². The standard InChI is InChI=1S/C29H17Cl2F4N3O4S2/c30-18-6-2-5-17(22(18)31)20-21-23(26(41)38(25(21)40)16-9-7-14(32)8-10-16)43-27-24(20)44-28(42)37(27)12-19(39)36-15-4-1-3-13(11-15)29(33,34)35/h1-11,20-21,23H,12H2,(H,36,39)/t20-,21?,23?/m1/s1. The van der Waals surface area contributed by atoms with Gasteiger partial charge in [0, 0.05) is 16.5 Å². The lowest BCUT2D eigenvalue weighted by molar-refractivity contribution is -0.137. The van der Waals surface area contributed by atoms with Gasteiger partial charge in [0.05, 0.1) is 32.2 Å². The molecule has 2 aliphatic rings. The van der Waals surface area contributed by atoms with E-state index >= 15 is 0 Å². The summed E-state index contributed by atoms with van der Waals surface area (Å²) in [6, 6.07) is 13.7. The van der Waals surface area contributed by atoms with Crippen LogP contribution in [0.5, 0.6) is 0 Å². The second-order valence-electron chi connectivity index (χ2n) is 9.92. The minimum atomic E-state index is -4.62. The monoisotopic (exact) mass is 681 g/mol. The number of nitrogens with zero attached hydrogens (tertiary/aromatic N) is 2. The number of amides is 3. The van der Waals surface area contributed by atoms with Gasteiger partial charge >= 0.3 is 11.0 Å². The van der Waals surface area contributed by atoms with E-state index in [-0.39, 0.29) is 26.4 Å². The summed E-state index contributed by atoms with van der Waals surface area (Å²) in [4.78, 5) is 54.7. The topological polar surface area (TPSA) is 88.5 Å². The number of halogens is 6. The van der Waals surface area contributed by atoms with Crippen LogP contribution in [-0.2, 0) is 27.1 Å². The SMILES string of the molecule is O=C(Cn1c2c(sc1=O)[C@H](c1cccc(Cl)c1Cl)C1C(=O)N(c3ccc(F)cc3)C(=O)C1S2)Nc1cccc(C(F)(F)F)c1. The molecule has 0 aliphatic carbocycles. The number of thioether (sulfide) groups is 1. The van der Waals surface area contributed by atoms with Crippen molar-refractivity contribution in [1.82, 2.24) is 4.57 Å². The van der Waals surface area contributed by atoms with Crippen LogP contribution in [0.2, 0.25) is 10.0 Å². The van der Waals surface area contributed by atoms with Crippen molar-refractivity contribution >= 4 is 75.4 Å². The van der Waals surface area contributed by atoms with E-state index < -0.39 is 63.8 Å². The van der Waals surface area contributed by atoms with Gasteiger partial charge in [-0.3, -0.25) is 23.7 Å². The molecular formula is C29H17Cl2F4N3O4S2. The minimum Gasteiger partial charge on any atom is -0.325 e. The summed E-state index contributed by atoms with van der Waals surface area (Å²) in [7, 11) is 0. The van der Waals surface area contributed by atoms with Crippen molar-refractivity contribution in [3.05, 3.63) is 108 Å². The third-order valence-corrected chi connectivity index (χ3v) is 10.7. The number of nitrogens with one attached hydrogen (secondary N) is 1. The Morgan fingerprint density at radius 1 is 0.955 bits per heavy atom. The van der Waals surface area contributed by atoms with Crippen LogP contribution in [0.25, 0.3) is 0 Å². The molecule has 1 aromatic heterocycles. The highest BCUT2D eigenvalue weighted by Crippen LogP contribution is 2.55. The first kappa shape index (κ1) is 30.4. The first-order valence-corrected chi connectivity index (χ1v) is 15.2. The predicted octanol–water partition coefficient (Wildman–Crippen LogP) is 6.81. The molecule has 3 amide bonds. The predicted molar refractivity (Wildman–Crippen MR) is 159 cm³/mol. The molecule has 44 heavy (non-hydrogen) atoms. The van der Waals surface area contributed by atoms with Gasteiger partial charge in [-0.15, -0.1) is 0 Å². The van der Waals surface area contributed by atoms with Crippen LogP contribution in [0.15, 0.2) is 76.6 Å². The number of carbonyl (C=O) groups is 3. The second kappa shape index (κ2) is 11.4. The van der Waals surface area contributed by atoms with E-state index in [2.05, 4.69) is 5.32 Å². The first-order valence-electron chi connectivity index (χ1n) is 12.8. The number of aromatic nitrogens is 1. The number of hydrogen-bond acceptors (Lipinski definition) is 6. The number of anilines is 2. The van der Waals surface area contributed by atoms with Crippen LogP contribution in [0.3, 0.4) is 0 Å². The molecule has 6 rings (SSSR count). The normalized spacial score (nSPS) is 19.6. The molecule has 2 unspecified atom stereocenters. The Labute approximate surface area is 264 Å². The summed E-state index contributed by atoms with van der Waals surface area (Å²) < 4.78 is 54.2. The minimum absolute atomic E-state index is 0.117. The maximum atomic E-state index is 13.9. The Bertz CT molecular complexity index is 1890. The molecule has 1 saturated heterocycles. The lowest BCUT2D eigenvalue weighted by Gasteiger charge is -2.31. The molecule has 1 fully saturated rings. The van der Waals surface area contributed by atoms with Crippen molar-refractivity contribution in [2.75, 3.05) is 10.2 Å². The number of carbonyl (C=O) groups excluding carboxylic acids is 3. The number of fused-ring (bicyclic) bond motifs is 2. The van der Waals surface area contributed by atoms with E-state index in [0.29, 0.717) is 10.4 Å². The first-order chi connectivity index (χ1) is 20.8. The fraction of sp³-hybridized carbons (Fsp3) is 0.172. The van der Waals surface area contributed by atoms with Gasteiger partial charge in [0.2, 0.25) is 17.7 Å². The average molecular weight is 683 g/mol. The van der Waals surface area contributed by atoms with E-state index in [1.807, 2.05) is 0 Å². The molecule has 7 nitrogen and oxygen atoms in total. The fourth-order valence-corrected chi connectivity index (χ4v) is 8.50. The van der Waals surface area contributed by atoms with Crippen LogP contribution >= 0.6 is 46.3 Å². The molecule has 3 aromatic carbocycles. The third-order valence-electron chi connectivity index (χ3n) is 7.23. The summed E-state index contributed by atoms with van der Waals surface area (Å²) >= 11 is 14.6. The zero-order valence-electron chi connectivity index (χ0n) is 21.9. The molecular weight excluding hydrogens is 665 g/mol. The van der Waals surface area contributed by atoms with E-state index in [0.717, 1.165) is 62.9 Å². The summed E-state index contributed by atoms with van der Waals surface area (Å²) in [6.07, 6.45) is -4.62. The van der Waals surface area contributed by atoms with Crippen molar-refractivity contribution in [2.45, 2.75) is 28.9 Å². The number of benzene rings is 3. The zero-order valence-corrected chi connectivity index (χ0v) is 25.0. The van der Waals surface area contributed by atoms with Gasteiger partial charge in [-0.05, 0) is 54.1 Å². The highest BCUT2D eigenvalue weighted by atomic mass is 35.5. The van der Waals surface area contributed by atoms with E-state index in [9.17, 15) is 36.7 Å². The average Bonchev–Trinajstić information content (AvgIpc) is 3.41. The fourth-order valence-electron chi connectivity index (χ4n) is 5.31. The maximum Gasteiger partial charge on any atom is 0.416 e. The van der Waals surface area contributed by atoms with E-state index in [1.165, 1.54) is 18.2 Å². The van der Waals surface area contributed by atoms with Crippen LogP contribution in [0, 0.1) is 11.7 Å². The lowest BCUT2D eigenvalue weighted by atomic mass is 9.83. The molecule has 2 aliphatic heterocycles. The largest absolute Gasteiger partial charge is 0.416 e. The highest BCUT2D eigenvalue weighted by molar-refractivity contribution is 8.00. The molecule has 226 valence electrons. The zero-order chi connectivity index (χ0) is 31.5. The molecule has 0 radical (unpaired) electrons. The maximum absolute atomic E-state index is 13.9. The number of alkyl halides is 3. The van der Waals surface area contributed by atoms with Crippen LogP contribution in [0.1, 0.15) is 21.9 Å². The molecule has 0 spiro atoms. The molecule has 4 aromatic rings. The Balaban J connectivity index is 1.40. The van der Waals surface area contributed by atoms with Crippen LogP contribution in [-0.4, -0.2) is 27.5 Å². The quantitative estimate of drug-likeness (QED) is 0.185. The number of hydrogen-bond donors (Lipinski definition) is 1. The molecule has 3 heterocycles. The highest BCUT2D eigenvalue weighted by Gasteiger charge is 2.57. The molecule has 1 N–H and O–H groups in total. The molecule has 0 bridgehead atoms. The van der Waals surface area contributed by atoms with Crippen LogP contribution in [0.4, 0.5) is 28.9 Å². The van der Waals surface area contributed by atoms with Gasteiger partial charge in [-0.2, -0.15) is 13.2 Å². The van der Waals surface area contributed by atoms with Gasteiger partial charge < -0.3 is 5.32 Å². The number of imide groups is 1. The van der Waals surface area contributed by atoms with Gasteiger partial charge in [-0.1, -0.05) is 64.5 Å². The van der Waals surface area contributed by atoms with Crippen molar-refractivity contribution in [3.63, 3.8) is 0 Å². The Hall–Kier alpha value is -3.65. The van der Waals surface area contributed by atoms with Gasteiger partial charge in [0.1, 0.15) is 17.6 Å². The van der Waals surface area contributed by atoms with Crippen molar-refractivity contribution in [2.24, 2.45) is 5.92 Å². The molecule has 3 atom stereocenters. The van der Waals surface area contributed by atoms with Gasteiger partial charge in [0.15, 0.2) is 0 Å². The lowest BCUT2D eigenvalue weighted by Crippen LogP contribution is -2.33. The number of thiazole rings is 1. The number of rotatable bonds is 5. The van der Waals surface area contributed by atoms with E-state index in [4.69, 9.17) is 23.2 Å². The third kappa shape index (κ3) is 5.31. The van der Waals surface area contributed by atoms with Gasteiger partial charge in [-0.25, -0.2) is 9.29 Å². The second-order valence-corrected chi connectivity index (χ2v) is 12.8. The molecule has 15 heteroatoms.